The fourth-order valence-electron chi connectivity index (χ4n) is 2.44. The molecule has 2 heterocycles. The largest absolute Gasteiger partial charge is 0.476 e. The van der Waals surface area contributed by atoms with Crippen LogP contribution in [0.1, 0.15) is 47.9 Å². The number of carbonyl (C=O) groups is 1. The molecule has 0 radical (unpaired) electrons. The van der Waals surface area contributed by atoms with Gasteiger partial charge >= 0.3 is 5.97 Å². The average Bonchev–Trinajstić information content (AvgIpc) is 2.92. The predicted molar refractivity (Wildman–Crippen MR) is 81.6 cm³/mol. The molecule has 0 amide bonds. The van der Waals surface area contributed by atoms with Crippen molar-refractivity contribution in [1.82, 2.24) is 20.0 Å². The van der Waals surface area contributed by atoms with Gasteiger partial charge < -0.3 is 5.11 Å². The maximum absolute atomic E-state index is 11.4. The van der Waals surface area contributed by atoms with Gasteiger partial charge in [-0.2, -0.15) is 0 Å². The van der Waals surface area contributed by atoms with Crippen molar-refractivity contribution in [3.63, 3.8) is 0 Å². The van der Waals surface area contributed by atoms with Crippen molar-refractivity contribution in [2.24, 2.45) is 5.92 Å². The molecule has 0 saturated heterocycles. The Kier molecular flexibility index (Phi) is 4.72. The fourth-order valence-corrected chi connectivity index (χ4v) is 3.41. The van der Waals surface area contributed by atoms with Crippen molar-refractivity contribution in [2.75, 3.05) is 0 Å². The molecule has 0 spiro atoms. The molecule has 0 saturated carbocycles. The molecule has 6 nitrogen and oxygen atoms in total. The van der Waals surface area contributed by atoms with Gasteiger partial charge in [-0.25, -0.2) is 14.5 Å². The lowest BCUT2D eigenvalue weighted by Crippen LogP contribution is -2.11. The van der Waals surface area contributed by atoms with E-state index in [1.54, 1.807) is 4.68 Å². The van der Waals surface area contributed by atoms with E-state index >= 15 is 0 Å². The number of thiazole rings is 1. The minimum atomic E-state index is -1.05. The van der Waals surface area contributed by atoms with Gasteiger partial charge in [0.25, 0.3) is 0 Å². The normalized spacial score (nSPS) is 12.6. The number of carboxylic acid groups (broad SMARTS) is 1. The number of hydrogen-bond donors (Lipinski definition) is 1. The molecule has 0 bridgehead atoms. The van der Waals surface area contributed by atoms with Gasteiger partial charge in [-0.3, -0.25) is 0 Å². The van der Waals surface area contributed by atoms with Crippen LogP contribution >= 0.6 is 11.3 Å². The van der Waals surface area contributed by atoms with E-state index < -0.39 is 5.97 Å². The van der Waals surface area contributed by atoms with E-state index in [0.717, 1.165) is 28.4 Å². The van der Waals surface area contributed by atoms with E-state index in [0.29, 0.717) is 18.2 Å². The van der Waals surface area contributed by atoms with Gasteiger partial charge in [-0.1, -0.05) is 25.5 Å². The molecule has 2 rings (SSSR count). The van der Waals surface area contributed by atoms with Crippen molar-refractivity contribution in [3.8, 4) is 10.6 Å². The van der Waals surface area contributed by atoms with E-state index in [4.69, 9.17) is 0 Å². The monoisotopic (exact) mass is 308 g/mol. The standard InChI is InChI=1S/C14H20N4O2S/c1-5-6-8(2)7-18-12(11(14(19)20)16-17-18)13-9(3)15-10(4)21-13/h8H,5-7H2,1-4H3,(H,19,20). The number of aromatic carboxylic acids is 1. The van der Waals surface area contributed by atoms with Crippen molar-refractivity contribution >= 4 is 17.3 Å². The zero-order valence-corrected chi connectivity index (χ0v) is 13.6. The van der Waals surface area contributed by atoms with E-state index in [9.17, 15) is 9.90 Å². The Hall–Kier alpha value is -1.76. The fraction of sp³-hybridized carbons (Fsp3) is 0.571. The second-order valence-corrected chi connectivity index (χ2v) is 6.52. The quantitative estimate of drug-likeness (QED) is 0.886. The Labute approximate surface area is 127 Å². The van der Waals surface area contributed by atoms with Crippen LogP contribution in [0, 0.1) is 19.8 Å². The first-order chi connectivity index (χ1) is 9.93. The van der Waals surface area contributed by atoms with Gasteiger partial charge in [-0.15, -0.1) is 16.4 Å². The van der Waals surface area contributed by atoms with E-state index in [1.807, 2.05) is 13.8 Å². The van der Waals surface area contributed by atoms with Crippen LogP contribution in [-0.2, 0) is 6.54 Å². The highest BCUT2D eigenvalue weighted by atomic mass is 32.1. The number of hydrogen-bond acceptors (Lipinski definition) is 5. The third kappa shape index (κ3) is 3.29. The highest BCUT2D eigenvalue weighted by Crippen LogP contribution is 2.32. The van der Waals surface area contributed by atoms with E-state index in [1.165, 1.54) is 11.3 Å². The van der Waals surface area contributed by atoms with Crippen LogP contribution in [0.2, 0.25) is 0 Å². The lowest BCUT2D eigenvalue weighted by atomic mass is 10.1. The lowest BCUT2D eigenvalue weighted by molar-refractivity contribution is 0.0691. The third-order valence-electron chi connectivity index (χ3n) is 3.32. The molecule has 2 aromatic heterocycles. The summed E-state index contributed by atoms with van der Waals surface area (Å²) in [6, 6.07) is 0. The molecule has 0 aliphatic carbocycles. The Balaban J connectivity index is 2.48. The third-order valence-corrected chi connectivity index (χ3v) is 4.40. The van der Waals surface area contributed by atoms with Gasteiger partial charge in [0.1, 0.15) is 5.69 Å². The Morgan fingerprint density at radius 1 is 1.43 bits per heavy atom. The summed E-state index contributed by atoms with van der Waals surface area (Å²) in [6.45, 7) is 8.74. The summed E-state index contributed by atoms with van der Waals surface area (Å²) >= 11 is 1.48. The molecular weight excluding hydrogens is 288 g/mol. The maximum atomic E-state index is 11.4. The van der Waals surface area contributed by atoms with Crippen LogP contribution in [0.25, 0.3) is 10.6 Å². The molecule has 1 atom stereocenters. The van der Waals surface area contributed by atoms with Gasteiger partial charge in [-0.05, 0) is 26.2 Å². The Bertz CT molecular complexity index is 647. The maximum Gasteiger partial charge on any atom is 0.358 e. The first-order valence-corrected chi connectivity index (χ1v) is 7.86. The molecule has 1 unspecified atom stereocenters. The van der Waals surface area contributed by atoms with Crippen LogP contribution in [-0.4, -0.2) is 31.1 Å². The van der Waals surface area contributed by atoms with Crippen LogP contribution in [0.15, 0.2) is 0 Å². The molecule has 0 aromatic carbocycles. The van der Waals surface area contributed by atoms with Gasteiger partial charge in [0.15, 0.2) is 5.69 Å². The van der Waals surface area contributed by atoms with Crippen LogP contribution in [0.4, 0.5) is 0 Å². The van der Waals surface area contributed by atoms with Crippen LogP contribution in [0.5, 0.6) is 0 Å². The van der Waals surface area contributed by atoms with Crippen molar-refractivity contribution in [2.45, 2.75) is 47.1 Å². The summed E-state index contributed by atoms with van der Waals surface area (Å²) in [6.07, 6.45) is 2.16. The number of aromatic nitrogens is 4. The van der Waals surface area contributed by atoms with Gasteiger partial charge in [0.05, 0.1) is 15.6 Å². The molecule has 0 aliphatic heterocycles. The molecule has 2 aromatic rings. The highest BCUT2D eigenvalue weighted by molar-refractivity contribution is 7.15. The second-order valence-electron chi connectivity index (χ2n) is 5.32. The minimum Gasteiger partial charge on any atom is -0.476 e. The molecular formula is C14H20N4O2S. The van der Waals surface area contributed by atoms with E-state index in [2.05, 4.69) is 29.1 Å². The smallest absolute Gasteiger partial charge is 0.358 e. The summed E-state index contributed by atoms with van der Waals surface area (Å²) in [5, 5.41) is 18.2. The highest BCUT2D eigenvalue weighted by Gasteiger charge is 2.24. The lowest BCUT2D eigenvalue weighted by Gasteiger charge is -2.12. The first-order valence-electron chi connectivity index (χ1n) is 7.05. The van der Waals surface area contributed by atoms with Gasteiger partial charge in [0, 0.05) is 6.54 Å². The molecule has 1 N–H and O–H groups in total. The number of nitrogens with zero attached hydrogens (tertiary/aromatic N) is 4. The van der Waals surface area contributed by atoms with Crippen LogP contribution < -0.4 is 0 Å². The Morgan fingerprint density at radius 3 is 2.67 bits per heavy atom. The van der Waals surface area contributed by atoms with Crippen molar-refractivity contribution < 1.29 is 9.90 Å². The molecule has 0 aliphatic rings. The molecule has 114 valence electrons. The molecule has 21 heavy (non-hydrogen) atoms. The predicted octanol–water partition coefficient (Wildman–Crippen LogP) is 3.15. The molecule has 7 heteroatoms. The molecule has 0 fully saturated rings. The number of aryl methyl sites for hydroxylation is 2. The summed E-state index contributed by atoms with van der Waals surface area (Å²) in [5.41, 5.74) is 1.41. The average molecular weight is 308 g/mol. The number of carboxylic acids is 1. The zero-order valence-electron chi connectivity index (χ0n) is 12.8. The summed E-state index contributed by atoms with van der Waals surface area (Å²) in [7, 11) is 0. The van der Waals surface area contributed by atoms with E-state index in [-0.39, 0.29) is 5.69 Å². The number of rotatable bonds is 6. The van der Waals surface area contributed by atoms with Crippen molar-refractivity contribution in [3.05, 3.63) is 16.4 Å². The summed E-state index contributed by atoms with van der Waals surface area (Å²) in [5.74, 6) is -0.628. The SMILES string of the molecule is CCCC(C)Cn1nnc(C(=O)O)c1-c1sc(C)nc1C. The first kappa shape index (κ1) is 15.6. The van der Waals surface area contributed by atoms with Crippen LogP contribution in [0.3, 0.4) is 0 Å². The Morgan fingerprint density at radius 2 is 2.14 bits per heavy atom. The summed E-state index contributed by atoms with van der Waals surface area (Å²) < 4.78 is 1.71. The van der Waals surface area contributed by atoms with Gasteiger partial charge in [0.2, 0.25) is 0 Å². The van der Waals surface area contributed by atoms with Crippen molar-refractivity contribution in [1.29, 1.82) is 0 Å². The minimum absolute atomic E-state index is 0.00504. The zero-order chi connectivity index (χ0) is 15.6. The second kappa shape index (κ2) is 6.34. The summed E-state index contributed by atoms with van der Waals surface area (Å²) in [4.78, 5) is 16.6. The topological polar surface area (TPSA) is 80.9 Å².